The number of nitrogens with two attached hydrogens (primary N) is 1. The van der Waals surface area contributed by atoms with Crippen molar-refractivity contribution in [3.63, 3.8) is 0 Å². The first-order valence-electron chi connectivity index (χ1n) is 7.08. The molecule has 2 N–H and O–H groups in total. The van der Waals surface area contributed by atoms with E-state index in [0.717, 1.165) is 23.9 Å². The molecule has 1 aromatic heterocycles. The number of fused-ring (bicyclic) bond motifs is 1. The number of carbonyl (C=O) groups excluding carboxylic acids is 2. The molecule has 21 heavy (non-hydrogen) atoms. The molecule has 3 rings (SSSR count). The van der Waals surface area contributed by atoms with E-state index < -0.39 is 0 Å². The Hall–Kier alpha value is -2.37. The van der Waals surface area contributed by atoms with Crippen molar-refractivity contribution in [3.8, 4) is 0 Å². The Kier molecular flexibility index (Phi) is 3.37. The summed E-state index contributed by atoms with van der Waals surface area (Å²) in [5, 5.41) is 0. The van der Waals surface area contributed by atoms with Crippen LogP contribution in [-0.2, 0) is 11.8 Å². The molecule has 0 saturated carbocycles. The van der Waals surface area contributed by atoms with Crippen LogP contribution >= 0.6 is 0 Å². The molecule has 0 radical (unpaired) electrons. The number of benzene rings is 1. The monoisotopic (exact) mass is 286 g/mol. The zero-order valence-corrected chi connectivity index (χ0v) is 12.0. The van der Waals surface area contributed by atoms with E-state index in [1.807, 2.05) is 31.3 Å². The average Bonchev–Trinajstić information content (AvgIpc) is 2.84. The highest BCUT2D eigenvalue weighted by molar-refractivity contribution is 5.95. The van der Waals surface area contributed by atoms with Gasteiger partial charge in [0.2, 0.25) is 5.91 Å². The molecule has 0 aliphatic carbocycles. The van der Waals surface area contributed by atoms with E-state index in [9.17, 15) is 9.59 Å². The number of aromatic nitrogens is 2. The lowest BCUT2D eigenvalue weighted by Crippen LogP contribution is -2.44. The normalized spacial score (nSPS) is 18.9. The SMILES string of the molecule is Cn1c(C(=O)N2CCCC(C(N)=O)C2)nc2ccccc21. The van der Waals surface area contributed by atoms with Crippen molar-refractivity contribution < 1.29 is 9.59 Å². The summed E-state index contributed by atoms with van der Waals surface area (Å²) in [6.45, 7) is 1.03. The van der Waals surface area contributed by atoms with Crippen LogP contribution in [0.5, 0.6) is 0 Å². The van der Waals surface area contributed by atoms with E-state index in [0.29, 0.717) is 18.9 Å². The lowest BCUT2D eigenvalue weighted by atomic mass is 9.97. The predicted molar refractivity (Wildman–Crippen MR) is 78.5 cm³/mol. The number of rotatable bonds is 2. The molecule has 1 saturated heterocycles. The van der Waals surface area contributed by atoms with Crippen molar-refractivity contribution in [1.82, 2.24) is 14.5 Å². The maximum Gasteiger partial charge on any atom is 0.289 e. The number of primary amides is 1. The third kappa shape index (κ3) is 2.37. The van der Waals surface area contributed by atoms with Crippen molar-refractivity contribution in [2.45, 2.75) is 12.8 Å². The summed E-state index contributed by atoms with van der Waals surface area (Å²) in [6, 6.07) is 7.63. The largest absolute Gasteiger partial charge is 0.369 e. The van der Waals surface area contributed by atoms with Gasteiger partial charge in [0.05, 0.1) is 17.0 Å². The van der Waals surface area contributed by atoms with Gasteiger partial charge in [-0.25, -0.2) is 4.98 Å². The fourth-order valence-corrected chi connectivity index (χ4v) is 2.87. The van der Waals surface area contributed by atoms with Crippen LogP contribution in [0.1, 0.15) is 23.5 Å². The van der Waals surface area contributed by atoms with E-state index in [2.05, 4.69) is 4.98 Å². The Morgan fingerprint density at radius 1 is 1.33 bits per heavy atom. The third-order valence-electron chi connectivity index (χ3n) is 4.09. The quantitative estimate of drug-likeness (QED) is 0.891. The highest BCUT2D eigenvalue weighted by atomic mass is 16.2. The number of likely N-dealkylation sites (tertiary alicyclic amines) is 1. The first-order valence-corrected chi connectivity index (χ1v) is 7.08. The number of piperidine rings is 1. The van der Waals surface area contributed by atoms with Gasteiger partial charge in [-0.1, -0.05) is 12.1 Å². The maximum atomic E-state index is 12.6. The maximum absolute atomic E-state index is 12.6. The molecule has 6 nitrogen and oxygen atoms in total. The number of nitrogens with zero attached hydrogens (tertiary/aromatic N) is 3. The Labute approximate surface area is 122 Å². The van der Waals surface area contributed by atoms with Gasteiger partial charge in [-0.3, -0.25) is 9.59 Å². The van der Waals surface area contributed by atoms with Crippen molar-refractivity contribution in [2.75, 3.05) is 13.1 Å². The number of hydrogen-bond acceptors (Lipinski definition) is 3. The van der Waals surface area contributed by atoms with Crippen molar-refractivity contribution >= 4 is 22.8 Å². The van der Waals surface area contributed by atoms with Crippen LogP contribution in [0.3, 0.4) is 0 Å². The molecular formula is C15H18N4O2. The predicted octanol–water partition coefficient (Wildman–Crippen LogP) is 0.911. The van der Waals surface area contributed by atoms with Gasteiger partial charge in [-0.15, -0.1) is 0 Å². The van der Waals surface area contributed by atoms with Crippen LogP contribution in [0, 0.1) is 5.92 Å². The minimum absolute atomic E-state index is 0.139. The van der Waals surface area contributed by atoms with Crippen molar-refractivity contribution in [3.05, 3.63) is 30.1 Å². The smallest absolute Gasteiger partial charge is 0.289 e. The molecule has 1 fully saturated rings. The van der Waals surface area contributed by atoms with Crippen LogP contribution in [0.4, 0.5) is 0 Å². The lowest BCUT2D eigenvalue weighted by molar-refractivity contribution is -0.123. The molecular weight excluding hydrogens is 268 g/mol. The van der Waals surface area contributed by atoms with E-state index >= 15 is 0 Å². The van der Waals surface area contributed by atoms with Gasteiger partial charge in [0.1, 0.15) is 0 Å². The first kappa shape index (κ1) is 13.6. The summed E-state index contributed by atoms with van der Waals surface area (Å²) in [7, 11) is 1.83. The van der Waals surface area contributed by atoms with E-state index in [-0.39, 0.29) is 17.7 Å². The van der Waals surface area contributed by atoms with Gasteiger partial charge in [0.25, 0.3) is 5.91 Å². The number of para-hydroxylation sites is 2. The number of amides is 2. The molecule has 110 valence electrons. The summed E-state index contributed by atoms with van der Waals surface area (Å²) >= 11 is 0. The number of imidazole rings is 1. The van der Waals surface area contributed by atoms with Gasteiger partial charge in [-0.05, 0) is 25.0 Å². The minimum atomic E-state index is -0.336. The Morgan fingerprint density at radius 2 is 2.10 bits per heavy atom. The second-order valence-corrected chi connectivity index (χ2v) is 5.48. The standard InChI is InChI=1S/C15H18N4O2/c1-18-12-7-3-2-6-11(12)17-14(18)15(21)19-8-4-5-10(9-19)13(16)20/h2-3,6-7,10H,4-5,8-9H2,1H3,(H2,16,20). The topological polar surface area (TPSA) is 81.2 Å². The minimum Gasteiger partial charge on any atom is -0.369 e. The van der Waals surface area contributed by atoms with Gasteiger partial charge in [0.15, 0.2) is 5.82 Å². The van der Waals surface area contributed by atoms with Crippen molar-refractivity contribution in [1.29, 1.82) is 0 Å². The second kappa shape index (κ2) is 5.20. The third-order valence-corrected chi connectivity index (χ3v) is 4.09. The molecule has 1 unspecified atom stereocenters. The number of carbonyl (C=O) groups is 2. The summed E-state index contributed by atoms with van der Waals surface area (Å²) in [5.74, 6) is -0.323. The molecule has 2 aromatic rings. The molecule has 2 amide bonds. The van der Waals surface area contributed by atoms with Gasteiger partial charge in [-0.2, -0.15) is 0 Å². The molecule has 0 bridgehead atoms. The van der Waals surface area contributed by atoms with E-state index in [1.165, 1.54) is 0 Å². The second-order valence-electron chi connectivity index (χ2n) is 5.48. The first-order chi connectivity index (χ1) is 10.1. The fourth-order valence-electron chi connectivity index (χ4n) is 2.87. The summed E-state index contributed by atoms with van der Waals surface area (Å²) in [5.41, 5.74) is 7.08. The van der Waals surface area contributed by atoms with Crippen LogP contribution in [0.25, 0.3) is 11.0 Å². The van der Waals surface area contributed by atoms with E-state index in [4.69, 9.17) is 5.73 Å². The van der Waals surface area contributed by atoms with Crippen LogP contribution in [0.2, 0.25) is 0 Å². The zero-order chi connectivity index (χ0) is 15.0. The average molecular weight is 286 g/mol. The summed E-state index contributed by atoms with van der Waals surface area (Å²) < 4.78 is 1.80. The number of aryl methyl sites for hydroxylation is 1. The van der Waals surface area contributed by atoms with Gasteiger partial charge >= 0.3 is 0 Å². The van der Waals surface area contributed by atoms with Gasteiger partial charge in [0, 0.05) is 20.1 Å². The fraction of sp³-hybridized carbons (Fsp3) is 0.400. The Balaban J connectivity index is 1.90. The molecule has 1 aromatic carbocycles. The number of hydrogen-bond donors (Lipinski definition) is 1. The summed E-state index contributed by atoms with van der Waals surface area (Å²) in [6.07, 6.45) is 1.55. The molecule has 2 heterocycles. The molecule has 6 heteroatoms. The Bertz CT molecular complexity index is 707. The molecule has 1 aliphatic heterocycles. The van der Waals surface area contributed by atoms with Crippen molar-refractivity contribution in [2.24, 2.45) is 18.7 Å². The highest BCUT2D eigenvalue weighted by Crippen LogP contribution is 2.20. The summed E-state index contributed by atoms with van der Waals surface area (Å²) in [4.78, 5) is 30.1. The highest BCUT2D eigenvalue weighted by Gasteiger charge is 2.29. The molecule has 0 spiro atoms. The van der Waals surface area contributed by atoms with Crippen LogP contribution in [0.15, 0.2) is 24.3 Å². The lowest BCUT2D eigenvalue weighted by Gasteiger charge is -2.30. The van der Waals surface area contributed by atoms with Crippen LogP contribution < -0.4 is 5.73 Å². The zero-order valence-electron chi connectivity index (χ0n) is 12.0. The van der Waals surface area contributed by atoms with E-state index in [1.54, 1.807) is 9.47 Å². The molecule has 1 atom stereocenters. The van der Waals surface area contributed by atoms with Gasteiger partial charge < -0.3 is 15.2 Å². The van der Waals surface area contributed by atoms with Crippen LogP contribution in [-0.4, -0.2) is 39.4 Å². The Morgan fingerprint density at radius 3 is 2.81 bits per heavy atom. The molecule has 1 aliphatic rings.